The van der Waals surface area contributed by atoms with E-state index in [9.17, 15) is 13.6 Å². The SMILES string of the molecule is Nc1c(CCl)cnc(CC(=O)O)c1C(F)F. The highest BCUT2D eigenvalue weighted by Crippen LogP contribution is 2.30. The molecule has 16 heavy (non-hydrogen) atoms. The van der Waals surface area contributed by atoms with Crippen LogP contribution in [0.15, 0.2) is 6.20 Å². The molecule has 3 N–H and O–H groups in total. The number of halogens is 3. The first-order valence-electron chi connectivity index (χ1n) is 4.29. The van der Waals surface area contributed by atoms with Crippen molar-refractivity contribution in [1.29, 1.82) is 0 Å². The van der Waals surface area contributed by atoms with Crippen LogP contribution in [0.4, 0.5) is 14.5 Å². The van der Waals surface area contributed by atoms with E-state index in [-0.39, 0.29) is 22.8 Å². The van der Waals surface area contributed by atoms with Crippen LogP contribution in [0.1, 0.15) is 23.2 Å². The van der Waals surface area contributed by atoms with Gasteiger partial charge in [0.05, 0.1) is 23.6 Å². The van der Waals surface area contributed by atoms with Crippen molar-refractivity contribution >= 4 is 23.3 Å². The van der Waals surface area contributed by atoms with Crippen molar-refractivity contribution in [3.8, 4) is 0 Å². The van der Waals surface area contributed by atoms with Gasteiger partial charge in [-0.15, -0.1) is 11.6 Å². The second-order valence-corrected chi connectivity index (χ2v) is 3.33. The number of aromatic nitrogens is 1. The molecule has 0 spiro atoms. The molecule has 0 aliphatic heterocycles. The van der Waals surface area contributed by atoms with Crippen LogP contribution in [0.3, 0.4) is 0 Å². The molecule has 1 heterocycles. The highest BCUT2D eigenvalue weighted by Gasteiger charge is 2.21. The van der Waals surface area contributed by atoms with E-state index in [0.717, 1.165) is 0 Å². The summed E-state index contributed by atoms with van der Waals surface area (Å²) in [5, 5.41) is 8.54. The van der Waals surface area contributed by atoms with Crippen LogP contribution in [0, 0.1) is 0 Å². The number of carbonyl (C=O) groups is 1. The summed E-state index contributed by atoms with van der Waals surface area (Å²) in [7, 11) is 0. The fourth-order valence-electron chi connectivity index (χ4n) is 1.26. The molecule has 1 rings (SSSR count). The van der Waals surface area contributed by atoms with Gasteiger partial charge in [0.1, 0.15) is 0 Å². The first-order valence-corrected chi connectivity index (χ1v) is 4.82. The van der Waals surface area contributed by atoms with Crippen molar-refractivity contribution in [2.45, 2.75) is 18.7 Å². The molecule has 1 aromatic rings. The largest absolute Gasteiger partial charge is 0.481 e. The summed E-state index contributed by atoms with van der Waals surface area (Å²) < 4.78 is 25.4. The van der Waals surface area contributed by atoms with Crippen molar-refractivity contribution < 1.29 is 18.7 Å². The molecular weight excluding hydrogens is 242 g/mol. The molecule has 4 nitrogen and oxygen atoms in total. The van der Waals surface area contributed by atoms with Crippen molar-refractivity contribution in [2.24, 2.45) is 0 Å². The van der Waals surface area contributed by atoms with Crippen LogP contribution in [0.25, 0.3) is 0 Å². The Morgan fingerprint density at radius 3 is 2.69 bits per heavy atom. The van der Waals surface area contributed by atoms with E-state index >= 15 is 0 Å². The minimum absolute atomic E-state index is 0.0497. The Bertz CT molecular complexity index is 413. The van der Waals surface area contributed by atoms with E-state index in [2.05, 4.69) is 4.98 Å². The molecule has 0 fully saturated rings. The molecule has 0 saturated carbocycles. The number of anilines is 1. The molecule has 0 bridgehead atoms. The third-order valence-corrected chi connectivity index (χ3v) is 2.29. The van der Waals surface area contributed by atoms with Crippen LogP contribution in [-0.4, -0.2) is 16.1 Å². The first kappa shape index (κ1) is 12.6. The van der Waals surface area contributed by atoms with E-state index in [1.165, 1.54) is 6.20 Å². The summed E-state index contributed by atoms with van der Waals surface area (Å²) in [6.45, 7) is 0. The maximum Gasteiger partial charge on any atom is 0.309 e. The second-order valence-electron chi connectivity index (χ2n) is 3.06. The number of carboxylic acid groups (broad SMARTS) is 1. The zero-order valence-electron chi connectivity index (χ0n) is 8.08. The molecule has 0 amide bonds. The number of rotatable bonds is 4. The van der Waals surface area contributed by atoms with Gasteiger partial charge in [0.25, 0.3) is 6.43 Å². The number of hydrogen-bond acceptors (Lipinski definition) is 3. The number of hydrogen-bond donors (Lipinski definition) is 2. The molecule has 1 aromatic heterocycles. The fraction of sp³-hybridized carbons (Fsp3) is 0.333. The predicted octanol–water partition coefficient (Wildman–Crippen LogP) is 1.97. The van der Waals surface area contributed by atoms with E-state index < -0.39 is 24.4 Å². The highest BCUT2D eigenvalue weighted by atomic mass is 35.5. The summed E-state index contributed by atoms with van der Waals surface area (Å²) in [6.07, 6.45) is -2.25. The average molecular weight is 251 g/mol. The van der Waals surface area contributed by atoms with Crippen LogP contribution in [0.2, 0.25) is 0 Å². The molecule has 0 aliphatic carbocycles. The van der Waals surface area contributed by atoms with E-state index in [1.807, 2.05) is 0 Å². The molecule has 0 saturated heterocycles. The van der Waals surface area contributed by atoms with Gasteiger partial charge in [-0.1, -0.05) is 0 Å². The van der Waals surface area contributed by atoms with Crippen LogP contribution in [0.5, 0.6) is 0 Å². The van der Waals surface area contributed by atoms with Gasteiger partial charge < -0.3 is 10.8 Å². The Hall–Kier alpha value is -1.43. The normalized spacial score (nSPS) is 10.8. The standard InChI is InChI=1S/C9H9ClF2N2O2/c10-2-4-3-14-5(1-6(15)16)7(8(4)13)9(11)12/h3,9H,1-2H2,(H2,13,14)(H,15,16). The number of nitrogens with zero attached hydrogens (tertiary/aromatic N) is 1. The summed E-state index contributed by atoms with van der Waals surface area (Å²) >= 11 is 5.49. The van der Waals surface area contributed by atoms with Crippen LogP contribution >= 0.6 is 11.6 Å². The van der Waals surface area contributed by atoms with Gasteiger partial charge in [0.15, 0.2) is 0 Å². The number of aliphatic carboxylic acids is 1. The van der Waals surface area contributed by atoms with E-state index in [4.69, 9.17) is 22.4 Å². The van der Waals surface area contributed by atoms with Gasteiger partial charge in [-0.25, -0.2) is 8.78 Å². The number of nitrogens with two attached hydrogens (primary N) is 1. The minimum Gasteiger partial charge on any atom is -0.481 e. The van der Waals surface area contributed by atoms with E-state index in [1.54, 1.807) is 0 Å². The lowest BCUT2D eigenvalue weighted by atomic mass is 10.1. The maximum absolute atomic E-state index is 12.7. The predicted molar refractivity (Wildman–Crippen MR) is 54.5 cm³/mol. The summed E-state index contributed by atoms with van der Waals surface area (Å²) in [6, 6.07) is 0. The quantitative estimate of drug-likeness (QED) is 0.801. The molecule has 88 valence electrons. The Balaban J connectivity index is 3.28. The van der Waals surface area contributed by atoms with E-state index in [0.29, 0.717) is 0 Å². The molecule has 0 radical (unpaired) electrons. The average Bonchev–Trinajstić information content (AvgIpc) is 2.16. The smallest absolute Gasteiger partial charge is 0.309 e. The zero-order chi connectivity index (χ0) is 12.3. The molecule has 0 aromatic carbocycles. The summed E-state index contributed by atoms with van der Waals surface area (Å²) in [5.41, 5.74) is 4.79. The maximum atomic E-state index is 12.7. The van der Waals surface area contributed by atoms with Gasteiger partial charge >= 0.3 is 5.97 Å². The monoisotopic (exact) mass is 250 g/mol. The fourth-order valence-corrected chi connectivity index (χ4v) is 1.47. The van der Waals surface area contributed by atoms with Crippen molar-refractivity contribution in [3.05, 3.63) is 23.0 Å². The molecule has 0 unspecified atom stereocenters. The van der Waals surface area contributed by atoms with Crippen molar-refractivity contribution in [1.82, 2.24) is 4.98 Å². The Labute approximate surface area is 95.0 Å². The van der Waals surface area contributed by atoms with Crippen LogP contribution in [-0.2, 0) is 17.1 Å². The third kappa shape index (κ3) is 2.57. The minimum atomic E-state index is -2.87. The highest BCUT2D eigenvalue weighted by molar-refractivity contribution is 6.17. The lowest BCUT2D eigenvalue weighted by Gasteiger charge is -2.12. The second kappa shape index (κ2) is 5.07. The van der Waals surface area contributed by atoms with Gasteiger partial charge in [-0.3, -0.25) is 9.78 Å². The molecule has 0 atom stereocenters. The summed E-state index contributed by atoms with van der Waals surface area (Å²) in [5.74, 6) is -1.29. The molecular formula is C9H9ClF2N2O2. The Morgan fingerprint density at radius 1 is 1.62 bits per heavy atom. The zero-order valence-corrected chi connectivity index (χ0v) is 8.84. The molecule has 7 heteroatoms. The number of carboxylic acids is 1. The van der Waals surface area contributed by atoms with Gasteiger partial charge in [-0.2, -0.15) is 0 Å². The molecule has 0 aliphatic rings. The van der Waals surface area contributed by atoms with Gasteiger partial charge in [-0.05, 0) is 0 Å². The Morgan fingerprint density at radius 2 is 2.25 bits per heavy atom. The van der Waals surface area contributed by atoms with Crippen molar-refractivity contribution in [3.63, 3.8) is 0 Å². The number of pyridine rings is 1. The number of nitrogen functional groups attached to an aromatic ring is 1. The van der Waals surface area contributed by atoms with Crippen LogP contribution < -0.4 is 5.73 Å². The van der Waals surface area contributed by atoms with Gasteiger partial charge in [0.2, 0.25) is 0 Å². The topological polar surface area (TPSA) is 76.2 Å². The third-order valence-electron chi connectivity index (χ3n) is 2.00. The summed E-state index contributed by atoms with van der Waals surface area (Å²) in [4.78, 5) is 14.1. The first-order chi connectivity index (χ1) is 7.47. The Kier molecular flexibility index (Phi) is 4.00. The van der Waals surface area contributed by atoms with Crippen molar-refractivity contribution in [2.75, 3.05) is 5.73 Å². The number of alkyl halides is 3. The lowest BCUT2D eigenvalue weighted by Crippen LogP contribution is -2.10. The van der Waals surface area contributed by atoms with Gasteiger partial charge in [0, 0.05) is 17.4 Å². The lowest BCUT2D eigenvalue weighted by molar-refractivity contribution is -0.136.